The lowest BCUT2D eigenvalue weighted by atomic mass is 10.3. The van der Waals surface area contributed by atoms with Crippen molar-refractivity contribution in [3.63, 3.8) is 0 Å². The highest BCUT2D eigenvalue weighted by Gasteiger charge is 2.15. The number of nitro groups is 1. The van der Waals surface area contributed by atoms with E-state index in [1.165, 1.54) is 6.07 Å². The Hall–Kier alpha value is -1.66. The molecule has 0 aliphatic rings. The van der Waals surface area contributed by atoms with E-state index in [9.17, 15) is 10.1 Å². The summed E-state index contributed by atoms with van der Waals surface area (Å²) in [5.41, 5.74) is 0.701. The van der Waals surface area contributed by atoms with Gasteiger partial charge >= 0.3 is 5.69 Å². The fraction of sp³-hybridized carbons (Fsp3) is 0.0833. The summed E-state index contributed by atoms with van der Waals surface area (Å²) in [6.07, 6.45) is 1.55. The molecule has 0 fully saturated rings. The van der Waals surface area contributed by atoms with Crippen molar-refractivity contribution in [3.8, 4) is 5.75 Å². The van der Waals surface area contributed by atoms with Crippen molar-refractivity contribution in [1.82, 2.24) is 4.98 Å². The minimum Gasteiger partial charge on any atom is -0.482 e. The molecule has 0 saturated carbocycles. The van der Waals surface area contributed by atoms with E-state index in [1.54, 1.807) is 30.5 Å². The molecule has 98 valence electrons. The second-order valence-electron chi connectivity index (χ2n) is 3.64. The zero-order valence-electron chi connectivity index (χ0n) is 9.55. The molecule has 0 saturated heterocycles. The third-order valence-electron chi connectivity index (χ3n) is 2.30. The van der Waals surface area contributed by atoms with Gasteiger partial charge in [0.25, 0.3) is 0 Å². The number of benzene rings is 1. The molecule has 0 radical (unpaired) electrons. The molecule has 0 atom stereocenters. The van der Waals surface area contributed by atoms with Gasteiger partial charge in [-0.25, -0.2) is 4.98 Å². The monoisotopic (exact) mass is 342 g/mol. The van der Waals surface area contributed by atoms with Gasteiger partial charge in [0.05, 0.1) is 4.92 Å². The molecule has 0 spiro atoms. The lowest BCUT2D eigenvalue weighted by Gasteiger charge is -2.07. The maximum absolute atomic E-state index is 10.9. The highest BCUT2D eigenvalue weighted by Crippen LogP contribution is 2.30. The van der Waals surface area contributed by atoms with Crippen LogP contribution in [-0.4, -0.2) is 9.91 Å². The van der Waals surface area contributed by atoms with Crippen LogP contribution < -0.4 is 4.74 Å². The Morgan fingerprint density at radius 3 is 2.84 bits per heavy atom. The van der Waals surface area contributed by atoms with E-state index in [0.717, 1.165) is 5.56 Å². The Morgan fingerprint density at radius 1 is 1.37 bits per heavy atom. The fourth-order valence-corrected chi connectivity index (χ4v) is 1.99. The minimum atomic E-state index is -0.486. The van der Waals surface area contributed by atoms with Crippen LogP contribution in [0.4, 0.5) is 5.69 Å². The third-order valence-corrected chi connectivity index (χ3v) is 3.00. The van der Waals surface area contributed by atoms with Crippen LogP contribution in [0.1, 0.15) is 5.56 Å². The Balaban J connectivity index is 2.17. The number of aromatic nitrogens is 1. The second-order valence-corrected chi connectivity index (χ2v) is 4.95. The molecule has 1 aromatic carbocycles. The molecular formula is C12H8BrClN2O3. The van der Waals surface area contributed by atoms with Crippen LogP contribution in [0, 0.1) is 10.1 Å². The van der Waals surface area contributed by atoms with Gasteiger partial charge in [0.2, 0.25) is 0 Å². The molecule has 0 bridgehead atoms. The highest BCUT2D eigenvalue weighted by atomic mass is 79.9. The quantitative estimate of drug-likeness (QED) is 0.478. The Kier molecular flexibility index (Phi) is 4.34. The molecule has 1 heterocycles. The molecule has 0 aliphatic carbocycles. The van der Waals surface area contributed by atoms with Crippen molar-refractivity contribution in [2.75, 3.05) is 0 Å². The minimum absolute atomic E-state index is 0.0884. The Labute approximate surface area is 122 Å². The normalized spacial score (nSPS) is 10.2. The van der Waals surface area contributed by atoms with E-state index in [0.29, 0.717) is 9.63 Å². The van der Waals surface area contributed by atoms with Gasteiger partial charge in [0, 0.05) is 16.7 Å². The molecule has 0 aliphatic heterocycles. The largest absolute Gasteiger partial charge is 0.482 e. The van der Waals surface area contributed by atoms with Crippen LogP contribution in [-0.2, 0) is 6.61 Å². The number of hydrogen-bond acceptors (Lipinski definition) is 4. The number of rotatable bonds is 4. The zero-order valence-corrected chi connectivity index (χ0v) is 11.9. The zero-order chi connectivity index (χ0) is 13.8. The molecule has 2 rings (SSSR count). The van der Waals surface area contributed by atoms with Crippen molar-refractivity contribution in [2.24, 2.45) is 0 Å². The first-order chi connectivity index (χ1) is 9.06. The lowest BCUT2D eigenvalue weighted by molar-refractivity contribution is -0.386. The molecule has 5 nitrogen and oxygen atoms in total. The highest BCUT2D eigenvalue weighted by molar-refractivity contribution is 9.10. The number of hydrogen-bond donors (Lipinski definition) is 0. The number of nitro benzene ring substituents is 1. The summed E-state index contributed by atoms with van der Waals surface area (Å²) >= 11 is 8.93. The van der Waals surface area contributed by atoms with E-state index in [2.05, 4.69) is 20.9 Å². The predicted molar refractivity (Wildman–Crippen MR) is 74.4 cm³/mol. The standard InChI is InChI=1S/C12H8BrClN2O3/c13-9-1-2-11(10(6-9)16(17)18)19-7-8-3-4-15-12(14)5-8/h1-6H,7H2. The SMILES string of the molecule is O=[N+]([O-])c1cc(Br)ccc1OCc1ccnc(Cl)c1. The smallest absolute Gasteiger partial charge is 0.312 e. The summed E-state index contributed by atoms with van der Waals surface area (Å²) in [5.74, 6) is 0.209. The summed E-state index contributed by atoms with van der Waals surface area (Å²) in [6.45, 7) is 0.185. The van der Waals surface area contributed by atoms with Crippen LogP contribution in [0.2, 0.25) is 5.15 Å². The van der Waals surface area contributed by atoms with E-state index < -0.39 is 4.92 Å². The van der Waals surface area contributed by atoms with Gasteiger partial charge in [-0.15, -0.1) is 0 Å². The number of nitrogens with zero attached hydrogens (tertiary/aromatic N) is 2. The molecule has 2 aromatic rings. The van der Waals surface area contributed by atoms with E-state index in [-0.39, 0.29) is 18.0 Å². The molecule has 0 N–H and O–H groups in total. The van der Waals surface area contributed by atoms with Gasteiger partial charge in [-0.2, -0.15) is 0 Å². The Morgan fingerprint density at radius 2 is 2.16 bits per heavy atom. The summed E-state index contributed by atoms with van der Waals surface area (Å²) < 4.78 is 6.07. The van der Waals surface area contributed by atoms with Crippen LogP contribution in [0.25, 0.3) is 0 Å². The molecule has 0 unspecified atom stereocenters. The van der Waals surface area contributed by atoms with Crippen LogP contribution in [0.3, 0.4) is 0 Å². The summed E-state index contributed by atoms with van der Waals surface area (Å²) in [4.78, 5) is 14.3. The van der Waals surface area contributed by atoms with E-state index in [1.807, 2.05) is 0 Å². The summed E-state index contributed by atoms with van der Waals surface area (Å²) in [5, 5.41) is 11.3. The fourth-order valence-electron chi connectivity index (χ4n) is 1.45. The van der Waals surface area contributed by atoms with Crippen LogP contribution in [0.5, 0.6) is 5.75 Å². The average molecular weight is 344 g/mol. The summed E-state index contributed by atoms with van der Waals surface area (Å²) in [6, 6.07) is 8.00. The summed E-state index contributed by atoms with van der Waals surface area (Å²) in [7, 11) is 0. The van der Waals surface area contributed by atoms with Crippen LogP contribution in [0.15, 0.2) is 41.0 Å². The van der Waals surface area contributed by atoms with Gasteiger partial charge in [-0.05, 0) is 29.8 Å². The number of ether oxygens (including phenoxy) is 1. The number of halogens is 2. The Bertz CT molecular complexity index is 622. The molecule has 19 heavy (non-hydrogen) atoms. The van der Waals surface area contributed by atoms with Gasteiger partial charge < -0.3 is 4.74 Å². The maximum Gasteiger partial charge on any atom is 0.312 e. The van der Waals surface area contributed by atoms with Gasteiger partial charge in [-0.1, -0.05) is 27.5 Å². The maximum atomic E-state index is 10.9. The second kappa shape index (κ2) is 5.99. The molecule has 1 aromatic heterocycles. The predicted octanol–water partition coefficient (Wildman–Crippen LogP) is 3.98. The lowest BCUT2D eigenvalue weighted by Crippen LogP contribution is -1.99. The average Bonchev–Trinajstić information content (AvgIpc) is 2.37. The van der Waals surface area contributed by atoms with E-state index >= 15 is 0 Å². The molecule has 0 amide bonds. The van der Waals surface area contributed by atoms with Crippen molar-refractivity contribution in [1.29, 1.82) is 0 Å². The molecule has 7 heteroatoms. The van der Waals surface area contributed by atoms with Gasteiger partial charge in [-0.3, -0.25) is 10.1 Å². The van der Waals surface area contributed by atoms with Crippen molar-refractivity contribution >= 4 is 33.2 Å². The topological polar surface area (TPSA) is 65.3 Å². The third kappa shape index (κ3) is 3.65. The first-order valence-electron chi connectivity index (χ1n) is 5.23. The van der Waals surface area contributed by atoms with Gasteiger partial charge in [0.1, 0.15) is 11.8 Å². The van der Waals surface area contributed by atoms with Crippen molar-refractivity contribution in [3.05, 3.63) is 61.8 Å². The van der Waals surface area contributed by atoms with Gasteiger partial charge in [0.15, 0.2) is 5.75 Å². The van der Waals surface area contributed by atoms with Crippen molar-refractivity contribution in [2.45, 2.75) is 6.61 Å². The molecular weight excluding hydrogens is 336 g/mol. The van der Waals surface area contributed by atoms with Crippen LogP contribution >= 0.6 is 27.5 Å². The first kappa shape index (κ1) is 13.8. The van der Waals surface area contributed by atoms with Crippen molar-refractivity contribution < 1.29 is 9.66 Å². The number of pyridine rings is 1. The van der Waals surface area contributed by atoms with E-state index in [4.69, 9.17) is 16.3 Å². The first-order valence-corrected chi connectivity index (χ1v) is 6.40.